The van der Waals surface area contributed by atoms with Crippen LogP contribution < -0.4 is 16.2 Å². The van der Waals surface area contributed by atoms with Crippen molar-refractivity contribution in [2.24, 2.45) is 0 Å². The van der Waals surface area contributed by atoms with Crippen molar-refractivity contribution >= 4 is 40.7 Å². The lowest BCUT2D eigenvalue weighted by Crippen LogP contribution is -2.46. The lowest BCUT2D eigenvalue weighted by Gasteiger charge is -2.12. The normalized spacial score (nSPS) is 10.2. The maximum Gasteiger partial charge on any atom is 0.284 e. The van der Waals surface area contributed by atoms with Gasteiger partial charge in [-0.3, -0.25) is 30.9 Å². The average molecular weight is 429 g/mol. The number of amides is 1. The molecular formula is C17H15N7O3S2. The Balaban J connectivity index is 1.59. The van der Waals surface area contributed by atoms with Crippen molar-refractivity contribution < 1.29 is 9.72 Å². The van der Waals surface area contributed by atoms with Gasteiger partial charge in [-0.25, -0.2) is 4.98 Å². The lowest BCUT2D eigenvalue weighted by atomic mass is 10.2. The fraction of sp³-hybridized carbons (Fsp3) is 0.0588. The van der Waals surface area contributed by atoms with Crippen LogP contribution in [0.2, 0.25) is 0 Å². The predicted molar refractivity (Wildman–Crippen MR) is 110 cm³/mol. The maximum absolute atomic E-state index is 12.3. The molecule has 0 aliphatic rings. The number of nitrogens with zero attached hydrogens (tertiary/aromatic N) is 3. The third kappa shape index (κ3) is 5.73. The van der Waals surface area contributed by atoms with Crippen LogP contribution in [-0.2, 0) is 6.54 Å². The number of hydrazine groups is 1. The molecule has 0 fully saturated rings. The second kappa shape index (κ2) is 9.61. The molecule has 10 nitrogen and oxygen atoms in total. The second-order valence-corrected chi connectivity index (χ2v) is 7.02. The zero-order chi connectivity index (χ0) is 20.6. The summed E-state index contributed by atoms with van der Waals surface area (Å²) in [5.41, 5.74) is 5.90. The van der Waals surface area contributed by atoms with Gasteiger partial charge in [0.2, 0.25) is 0 Å². The Morgan fingerprint density at radius 3 is 2.69 bits per heavy atom. The summed E-state index contributed by atoms with van der Waals surface area (Å²) < 4.78 is 0. The van der Waals surface area contributed by atoms with Gasteiger partial charge in [0, 0.05) is 18.2 Å². The average Bonchev–Trinajstić information content (AvgIpc) is 3.24. The number of benzene rings is 2. The number of nitrogens with one attached hydrogen (secondary N) is 4. The third-order valence-corrected chi connectivity index (χ3v) is 4.80. The van der Waals surface area contributed by atoms with Crippen molar-refractivity contribution in [2.75, 3.05) is 0 Å². The molecule has 1 amide bonds. The van der Waals surface area contributed by atoms with Gasteiger partial charge in [-0.15, -0.1) is 0 Å². The number of H-pyrrole nitrogens is 1. The first-order valence-corrected chi connectivity index (χ1v) is 9.45. The largest absolute Gasteiger partial charge is 0.357 e. The van der Waals surface area contributed by atoms with Gasteiger partial charge in [0.25, 0.3) is 11.6 Å². The highest BCUT2D eigenvalue weighted by Gasteiger charge is 2.19. The van der Waals surface area contributed by atoms with E-state index in [4.69, 9.17) is 12.2 Å². The number of nitro benzene ring substituents is 1. The van der Waals surface area contributed by atoms with E-state index in [9.17, 15) is 14.9 Å². The standard InChI is InChI=1S/C17H15N7O3S2/c25-15(21-22-16(28)18-9-11-4-2-1-3-5-11)12-6-7-14(13(8-12)24(26)27)29-17-19-10-20-23-17/h1-8,10H,9H2,(H,21,25)(H2,18,22,28)(H,19,20,23). The minimum Gasteiger partial charge on any atom is -0.357 e. The zero-order valence-corrected chi connectivity index (χ0v) is 16.4. The fourth-order valence-electron chi connectivity index (χ4n) is 2.24. The number of carbonyl (C=O) groups is 1. The Bertz CT molecular complexity index is 1010. The number of nitro groups is 1. The molecule has 0 saturated carbocycles. The summed E-state index contributed by atoms with van der Waals surface area (Å²) in [5, 5.41) is 21.3. The van der Waals surface area contributed by atoms with Gasteiger partial charge in [-0.2, -0.15) is 5.10 Å². The third-order valence-electron chi connectivity index (χ3n) is 3.60. The SMILES string of the molecule is O=C(NNC(=S)NCc1ccccc1)c1ccc(Sc2ncn[nH]2)c([N+](=O)[O-])c1. The minimum atomic E-state index is -0.562. The number of rotatable bonds is 6. The van der Waals surface area contributed by atoms with Gasteiger partial charge >= 0.3 is 0 Å². The van der Waals surface area contributed by atoms with Crippen LogP contribution in [0.25, 0.3) is 0 Å². The Morgan fingerprint density at radius 2 is 2.00 bits per heavy atom. The van der Waals surface area contributed by atoms with E-state index in [0.717, 1.165) is 17.3 Å². The first-order chi connectivity index (χ1) is 14.0. The zero-order valence-electron chi connectivity index (χ0n) is 14.8. The van der Waals surface area contributed by atoms with Crippen LogP contribution in [-0.4, -0.2) is 31.1 Å². The molecule has 0 aliphatic carbocycles. The lowest BCUT2D eigenvalue weighted by molar-refractivity contribution is -0.387. The van der Waals surface area contributed by atoms with Crippen molar-refractivity contribution in [3.63, 3.8) is 0 Å². The highest BCUT2D eigenvalue weighted by atomic mass is 32.2. The first kappa shape index (κ1) is 20.2. The molecule has 4 N–H and O–H groups in total. The van der Waals surface area contributed by atoms with Crippen LogP contribution in [0.1, 0.15) is 15.9 Å². The molecule has 148 valence electrons. The minimum absolute atomic E-state index is 0.108. The van der Waals surface area contributed by atoms with Gasteiger partial charge < -0.3 is 5.32 Å². The molecule has 0 saturated heterocycles. The Morgan fingerprint density at radius 1 is 1.21 bits per heavy atom. The van der Waals surface area contributed by atoms with Crippen molar-refractivity contribution in [1.29, 1.82) is 0 Å². The molecule has 0 spiro atoms. The molecule has 29 heavy (non-hydrogen) atoms. The van der Waals surface area contributed by atoms with Crippen LogP contribution in [0.15, 0.2) is 64.9 Å². The van der Waals surface area contributed by atoms with E-state index in [-0.39, 0.29) is 16.4 Å². The van der Waals surface area contributed by atoms with E-state index in [1.54, 1.807) is 0 Å². The van der Waals surface area contributed by atoms with Gasteiger partial charge in [-0.1, -0.05) is 30.3 Å². The maximum atomic E-state index is 12.3. The molecular weight excluding hydrogens is 414 g/mol. The summed E-state index contributed by atoms with van der Waals surface area (Å²) in [7, 11) is 0. The first-order valence-electron chi connectivity index (χ1n) is 8.22. The number of hydrogen-bond donors (Lipinski definition) is 4. The van der Waals surface area contributed by atoms with Crippen molar-refractivity contribution in [2.45, 2.75) is 16.6 Å². The highest BCUT2D eigenvalue weighted by Crippen LogP contribution is 2.33. The quantitative estimate of drug-likeness (QED) is 0.264. The summed E-state index contributed by atoms with van der Waals surface area (Å²) in [6, 6.07) is 13.7. The summed E-state index contributed by atoms with van der Waals surface area (Å²) in [5.74, 6) is -0.562. The van der Waals surface area contributed by atoms with E-state index < -0.39 is 10.8 Å². The van der Waals surface area contributed by atoms with Crippen LogP contribution in [0.4, 0.5) is 5.69 Å². The molecule has 3 rings (SSSR count). The molecule has 0 unspecified atom stereocenters. The molecule has 12 heteroatoms. The molecule has 3 aromatic rings. The number of thiocarbonyl (C=S) groups is 1. The highest BCUT2D eigenvalue weighted by molar-refractivity contribution is 7.99. The fourth-order valence-corrected chi connectivity index (χ4v) is 3.15. The number of aromatic nitrogens is 3. The van der Waals surface area contributed by atoms with Gasteiger partial charge in [0.1, 0.15) is 6.33 Å². The Kier molecular flexibility index (Phi) is 6.71. The van der Waals surface area contributed by atoms with E-state index in [1.165, 1.54) is 24.5 Å². The number of hydrogen-bond acceptors (Lipinski definition) is 7. The van der Waals surface area contributed by atoms with E-state index >= 15 is 0 Å². The van der Waals surface area contributed by atoms with Crippen LogP contribution in [0.5, 0.6) is 0 Å². The van der Waals surface area contributed by atoms with Crippen molar-refractivity contribution in [3.8, 4) is 0 Å². The van der Waals surface area contributed by atoms with Gasteiger partial charge in [0.15, 0.2) is 10.3 Å². The second-order valence-electron chi connectivity index (χ2n) is 5.58. The summed E-state index contributed by atoms with van der Waals surface area (Å²) in [4.78, 5) is 27.4. The Labute approximate surface area is 174 Å². The molecule has 0 atom stereocenters. The number of aromatic amines is 1. The van der Waals surface area contributed by atoms with Gasteiger partial charge in [-0.05, 0) is 41.7 Å². The van der Waals surface area contributed by atoms with Crippen LogP contribution >= 0.6 is 24.0 Å². The predicted octanol–water partition coefficient (Wildman–Crippen LogP) is 2.17. The molecule has 0 bridgehead atoms. The monoisotopic (exact) mass is 429 g/mol. The summed E-state index contributed by atoms with van der Waals surface area (Å²) in [6.45, 7) is 0.488. The van der Waals surface area contributed by atoms with Crippen molar-refractivity contribution in [3.05, 3.63) is 76.1 Å². The van der Waals surface area contributed by atoms with Crippen molar-refractivity contribution in [1.82, 2.24) is 31.3 Å². The van der Waals surface area contributed by atoms with E-state index in [2.05, 4.69) is 31.3 Å². The topological polar surface area (TPSA) is 138 Å². The molecule has 2 aromatic carbocycles. The molecule has 1 aromatic heterocycles. The Hall–Kier alpha value is -3.51. The van der Waals surface area contributed by atoms with E-state index in [0.29, 0.717) is 16.6 Å². The number of carbonyl (C=O) groups excluding carboxylic acids is 1. The molecule has 0 aliphatic heterocycles. The van der Waals surface area contributed by atoms with E-state index in [1.807, 2.05) is 30.3 Å². The molecule has 0 radical (unpaired) electrons. The van der Waals surface area contributed by atoms with Crippen LogP contribution in [0.3, 0.4) is 0 Å². The van der Waals surface area contributed by atoms with Gasteiger partial charge in [0.05, 0.1) is 9.82 Å². The van der Waals surface area contributed by atoms with Crippen LogP contribution in [0, 0.1) is 10.1 Å². The summed E-state index contributed by atoms with van der Waals surface area (Å²) >= 11 is 6.15. The molecule has 1 heterocycles. The smallest absolute Gasteiger partial charge is 0.284 e. The summed E-state index contributed by atoms with van der Waals surface area (Å²) in [6.07, 6.45) is 1.30.